The van der Waals surface area contributed by atoms with Crippen LogP contribution in [0.3, 0.4) is 0 Å². The number of rotatable bonds is 5. The molecule has 3 N–H and O–H groups in total. The molecule has 1 aromatic heterocycles. The average molecular weight is 451 g/mol. The fraction of sp³-hybridized carbons (Fsp3) is 0.100. The van der Waals surface area contributed by atoms with Crippen LogP contribution in [0, 0.1) is 0 Å². The SMILES string of the molecule is COc1ccc(C(=O)NC(=S)Nc2ccc(Cl)c(-c3ccc(CO)o3)c2)cc1Cl. The normalized spacial score (nSPS) is 10.5. The summed E-state index contributed by atoms with van der Waals surface area (Å²) in [4.78, 5) is 12.4. The first kappa shape index (κ1) is 21.1. The van der Waals surface area contributed by atoms with Crippen molar-refractivity contribution in [2.45, 2.75) is 6.61 Å². The Kier molecular flexibility index (Phi) is 6.76. The number of methoxy groups -OCH3 is 1. The maximum absolute atomic E-state index is 12.4. The van der Waals surface area contributed by atoms with Crippen molar-refractivity contribution in [1.29, 1.82) is 0 Å². The molecule has 150 valence electrons. The Balaban J connectivity index is 1.71. The molecule has 0 atom stereocenters. The van der Waals surface area contributed by atoms with Gasteiger partial charge in [0.1, 0.15) is 23.9 Å². The van der Waals surface area contributed by atoms with Gasteiger partial charge in [-0.05, 0) is 60.7 Å². The van der Waals surface area contributed by atoms with Crippen molar-refractivity contribution in [3.05, 3.63) is 69.9 Å². The Morgan fingerprint density at radius 3 is 2.59 bits per heavy atom. The van der Waals surface area contributed by atoms with Crippen LogP contribution in [0.4, 0.5) is 5.69 Å². The van der Waals surface area contributed by atoms with Gasteiger partial charge in [-0.1, -0.05) is 23.2 Å². The maximum Gasteiger partial charge on any atom is 0.257 e. The van der Waals surface area contributed by atoms with Crippen molar-refractivity contribution >= 4 is 52.1 Å². The van der Waals surface area contributed by atoms with Crippen LogP contribution in [0.25, 0.3) is 11.3 Å². The smallest absolute Gasteiger partial charge is 0.257 e. The lowest BCUT2D eigenvalue weighted by molar-refractivity contribution is 0.0977. The molecular formula is C20H16Cl2N2O4S. The number of furan rings is 1. The van der Waals surface area contributed by atoms with E-state index in [-0.39, 0.29) is 11.7 Å². The molecule has 0 fully saturated rings. The minimum atomic E-state index is -0.417. The molecule has 3 aromatic rings. The molecule has 29 heavy (non-hydrogen) atoms. The first-order valence-electron chi connectivity index (χ1n) is 8.36. The van der Waals surface area contributed by atoms with Crippen LogP contribution in [0.15, 0.2) is 52.9 Å². The van der Waals surface area contributed by atoms with Gasteiger partial charge in [0, 0.05) is 16.8 Å². The Morgan fingerprint density at radius 2 is 1.93 bits per heavy atom. The van der Waals surface area contributed by atoms with Crippen LogP contribution in [-0.2, 0) is 6.61 Å². The quantitative estimate of drug-likeness (QED) is 0.480. The van der Waals surface area contributed by atoms with Gasteiger partial charge in [-0.2, -0.15) is 0 Å². The number of amides is 1. The van der Waals surface area contributed by atoms with E-state index >= 15 is 0 Å². The second-order valence-electron chi connectivity index (χ2n) is 5.88. The van der Waals surface area contributed by atoms with Gasteiger partial charge in [-0.15, -0.1) is 0 Å². The monoisotopic (exact) mass is 450 g/mol. The van der Waals surface area contributed by atoms with E-state index in [0.717, 1.165) is 0 Å². The number of thiocarbonyl (C=S) groups is 1. The number of ether oxygens (including phenoxy) is 1. The number of carbonyl (C=O) groups excluding carboxylic acids is 1. The van der Waals surface area contributed by atoms with E-state index in [0.29, 0.717) is 44.1 Å². The van der Waals surface area contributed by atoms with Crippen molar-refractivity contribution in [3.8, 4) is 17.1 Å². The van der Waals surface area contributed by atoms with Crippen LogP contribution in [0.1, 0.15) is 16.1 Å². The van der Waals surface area contributed by atoms with E-state index in [1.807, 2.05) is 0 Å². The number of aliphatic hydroxyl groups is 1. The van der Waals surface area contributed by atoms with Crippen LogP contribution < -0.4 is 15.4 Å². The second kappa shape index (κ2) is 9.28. The molecule has 6 nitrogen and oxygen atoms in total. The third-order valence-electron chi connectivity index (χ3n) is 3.95. The molecule has 2 aromatic carbocycles. The first-order valence-corrected chi connectivity index (χ1v) is 9.53. The second-order valence-corrected chi connectivity index (χ2v) is 7.10. The number of nitrogens with one attached hydrogen (secondary N) is 2. The molecule has 9 heteroatoms. The van der Waals surface area contributed by atoms with Crippen molar-refractivity contribution in [3.63, 3.8) is 0 Å². The predicted octanol–water partition coefficient (Wildman–Crippen LogP) is 4.88. The molecule has 0 spiro atoms. The van der Waals surface area contributed by atoms with Gasteiger partial charge < -0.3 is 19.6 Å². The number of halogens is 2. The fourth-order valence-electron chi connectivity index (χ4n) is 2.54. The summed E-state index contributed by atoms with van der Waals surface area (Å²) < 4.78 is 10.6. The zero-order chi connectivity index (χ0) is 21.0. The summed E-state index contributed by atoms with van der Waals surface area (Å²) in [6.07, 6.45) is 0. The zero-order valence-electron chi connectivity index (χ0n) is 15.2. The largest absolute Gasteiger partial charge is 0.495 e. The predicted molar refractivity (Wildman–Crippen MR) is 117 cm³/mol. The van der Waals surface area contributed by atoms with Gasteiger partial charge in [0.05, 0.1) is 17.2 Å². The molecule has 0 aliphatic heterocycles. The topological polar surface area (TPSA) is 83.7 Å². The number of carbonyl (C=O) groups is 1. The molecular weight excluding hydrogens is 435 g/mol. The summed E-state index contributed by atoms with van der Waals surface area (Å²) >= 11 is 17.5. The van der Waals surface area contributed by atoms with Crippen molar-refractivity contribution in [2.75, 3.05) is 12.4 Å². The summed E-state index contributed by atoms with van der Waals surface area (Å²) in [6, 6.07) is 13.2. The highest BCUT2D eigenvalue weighted by atomic mass is 35.5. The van der Waals surface area contributed by atoms with E-state index in [1.165, 1.54) is 13.2 Å². The number of aliphatic hydroxyl groups excluding tert-OH is 1. The van der Waals surface area contributed by atoms with Gasteiger partial charge in [0.15, 0.2) is 5.11 Å². The zero-order valence-corrected chi connectivity index (χ0v) is 17.5. The summed E-state index contributed by atoms with van der Waals surface area (Å²) in [7, 11) is 1.49. The molecule has 0 unspecified atom stereocenters. The molecule has 0 bridgehead atoms. The van der Waals surface area contributed by atoms with E-state index in [4.69, 9.17) is 49.7 Å². The highest BCUT2D eigenvalue weighted by Crippen LogP contribution is 2.32. The van der Waals surface area contributed by atoms with E-state index in [2.05, 4.69) is 10.6 Å². The average Bonchev–Trinajstić information content (AvgIpc) is 3.18. The molecule has 0 radical (unpaired) electrons. The highest BCUT2D eigenvalue weighted by molar-refractivity contribution is 7.80. The lowest BCUT2D eigenvalue weighted by Gasteiger charge is -2.12. The third-order valence-corrected chi connectivity index (χ3v) is 4.78. The Morgan fingerprint density at radius 1 is 1.14 bits per heavy atom. The Bertz CT molecular complexity index is 1070. The molecule has 0 saturated heterocycles. The van der Waals surface area contributed by atoms with Crippen molar-refractivity contribution < 1.29 is 19.1 Å². The highest BCUT2D eigenvalue weighted by Gasteiger charge is 2.13. The fourth-order valence-corrected chi connectivity index (χ4v) is 3.22. The van der Waals surface area contributed by atoms with Gasteiger partial charge >= 0.3 is 0 Å². The first-order chi connectivity index (χ1) is 13.9. The molecule has 1 amide bonds. The lowest BCUT2D eigenvalue weighted by atomic mass is 10.1. The number of hydrogen-bond donors (Lipinski definition) is 3. The van der Waals surface area contributed by atoms with Crippen LogP contribution in [0.2, 0.25) is 10.0 Å². The third kappa shape index (κ3) is 5.07. The van der Waals surface area contributed by atoms with E-state index in [9.17, 15) is 4.79 Å². The lowest BCUT2D eigenvalue weighted by Crippen LogP contribution is -2.34. The Hall–Kier alpha value is -2.58. The summed E-state index contributed by atoms with van der Waals surface area (Å²) in [5.74, 6) is 0.987. The number of hydrogen-bond acceptors (Lipinski definition) is 5. The van der Waals surface area contributed by atoms with E-state index < -0.39 is 5.91 Å². The summed E-state index contributed by atoms with van der Waals surface area (Å²) in [5.41, 5.74) is 1.56. The van der Waals surface area contributed by atoms with Crippen molar-refractivity contribution in [1.82, 2.24) is 5.32 Å². The summed E-state index contributed by atoms with van der Waals surface area (Å²) in [5, 5.41) is 15.6. The van der Waals surface area contributed by atoms with Gasteiger partial charge in [0.2, 0.25) is 0 Å². The molecule has 0 aliphatic rings. The number of benzene rings is 2. The van der Waals surface area contributed by atoms with Gasteiger partial charge in [-0.25, -0.2) is 0 Å². The van der Waals surface area contributed by atoms with Gasteiger partial charge in [-0.3, -0.25) is 10.1 Å². The van der Waals surface area contributed by atoms with Gasteiger partial charge in [0.25, 0.3) is 5.91 Å². The number of anilines is 1. The molecule has 0 saturated carbocycles. The maximum atomic E-state index is 12.4. The Labute approximate surface area is 182 Å². The van der Waals surface area contributed by atoms with Crippen molar-refractivity contribution in [2.24, 2.45) is 0 Å². The standard InChI is InChI=1S/C20H16Cl2N2O4S/c1-27-18-6-2-11(8-16(18)22)19(26)24-20(29)23-12-3-5-15(21)14(9-12)17-7-4-13(10-25)28-17/h2-9,25H,10H2,1H3,(H2,23,24,26,29). The molecule has 3 rings (SSSR count). The molecule has 0 aliphatic carbocycles. The van der Waals surface area contributed by atoms with Crippen LogP contribution in [-0.4, -0.2) is 23.2 Å². The minimum Gasteiger partial charge on any atom is -0.495 e. The van der Waals surface area contributed by atoms with Crippen LogP contribution >= 0.6 is 35.4 Å². The van der Waals surface area contributed by atoms with Crippen LogP contribution in [0.5, 0.6) is 5.75 Å². The van der Waals surface area contributed by atoms with E-state index in [1.54, 1.807) is 42.5 Å². The summed E-state index contributed by atoms with van der Waals surface area (Å²) in [6.45, 7) is -0.207. The minimum absolute atomic E-state index is 0.103. The molecule has 1 heterocycles.